The Labute approximate surface area is 381 Å². The Morgan fingerprint density at radius 1 is 0.354 bits per heavy atom. The third kappa shape index (κ3) is 6.32. The summed E-state index contributed by atoms with van der Waals surface area (Å²) in [6.45, 7) is 4.73. The fourth-order valence-electron chi connectivity index (χ4n) is 10.6. The third-order valence-electron chi connectivity index (χ3n) is 13.6. The van der Waals surface area contributed by atoms with Crippen molar-refractivity contribution >= 4 is 38.9 Å². The predicted octanol–water partition coefficient (Wildman–Crippen LogP) is 17.2. The highest BCUT2D eigenvalue weighted by Gasteiger charge is 2.37. The van der Waals surface area contributed by atoms with Crippen LogP contribution in [-0.2, 0) is 5.41 Å². The topological polar surface area (TPSA) is 8.17 Å². The van der Waals surface area contributed by atoms with Crippen LogP contribution in [0.5, 0.6) is 0 Å². The molecule has 0 unspecified atom stereocenters. The van der Waals surface area contributed by atoms with Crippen LogP contribution in [0.15, 0.2) is 243 Å². The first-order chi connectivity index (χ1) is 32.0. The summed E-state index contributed by atoms with van der Waals surface area (Å²) in [6.07, 6.45) is 0. The van der Waals surface area contributed by atoms with E-state index in [2.05, 4.69) is 266 Å². The van der Waals surface area contributed by atoms with E-state index in [0.717, 1.165) is 28.3 Å². The molecule has 0 aliphatic heterocycles. The van der Waals surface area contributed by atoms with Gasteiger partial charge in [0.15, 0.2) is 0 Å². The standard InChI is InChI=1S/C63H46N2/c1-63(2)56-34-15-12-30-53(56)61-52(33-19-35-57(61)63)51-29-13-16-36-58(51)64(48-39-40-49(43-21-6-3-7-22-43)55(42-48)44-23-8-4-9-24-44)47-28-18-25-45(41-47)50-32-20-38-60-62(50)54-31-14-17-37-59(54)65(60)46-26-10-5-11-27-46/h3-42H,1-2H3. The molecular formula is C63H46N2. The average Bonchev–Trinajstić information content (AvgIpc) is 3.83. The lowest BCUT2D eigenvalue weighted by Gasteiger charge is -2.30. The van der Waals surface area contributed by atoms with Crippen LogP contribution in [-0.4, -0.2) is 4.57 Å². The fraction of sp³-hybridized carbons (Fsp3) is 0.0476. The molecule has 1 aliphatic rings. The van der Waals surface area contributed by atoms with Crippen LogP contribution < -0.4 is 4.90 Å². The van der Waals surface area contributed by atoms with E-state index in [9.17, 15) is 0 Å². The number of rotatable bonds is 8. The molecule has 1 aromatic heterocycles. The molecule has 65 heavy (non-hydrogen) atoms. The molecule has 0 amide bonds. The largest absolute Gasteiger partial charge is 0.310 e. The van der Waals surface area contributed by atoms with E-state index in [1.54, 1.807) is 0 Å². The van der Waals surface area contributed by atoms with E-state index in [1.807, 2.05) is 0 Å². The Morgan fingerprint density at radius 2 is 0.908 bits per heavy atom. The Bertz CT molecular complexity index is 3560. The zero-order valence-corrected chi connectivity index (χ0v) is 36.5. The lowest BCUT2D eigenvalue weighted by molar-refractivity contribution is 0.660. The Kier molecular flexibility index (Phi) is 9.21. The first-order valence-corrected chi connectivity index (χ1v) is 22.6. The van der Waals surface area contributed by atoms with Crippen molar-refractivity contribution in [2.24, 2.45) is 0 Å². The molecule has 0 saturated carbocycles. The summed E-state index contributed by atoms with van der Waals surface area (Å²) in [5.74, 6) is 0. The van der Waals surface area contributed by atoms with Crippen LogP contribution in [0.1, 0.15) is 25.0 Å². The maximum Gasteiger partial charge on any atom is 0.0547 e. The van der Waals surface area contributed by atoms with Gasteiger partial charge in [-0.25, -0.2) is 0 Å². The predicted molar refractivity (Wildman–Crippen MR) is 275 cm³/mol. The van der Waals surface area contributed by atoms with Crippen molar-refractivity contribution in [2.75, 3.05) is 4.90 Å². The maximum atomic E-state index is 2.48. The molecule has 0 spiro atoms. The van der Waals surface area contributed by atoms with E-state index < -0.39 is 0 Å². The summed E-state index contributed by atoms with van der Waals surface area (Å²) < 4.78 is 2.40. The number of fused-ring (bicyclic) bond motifs is 6. The van der Waals surface area contributed by atoms with E-state index in [0.29, 0.717) is 0 Å². The summed E-state index contributed by atoms with van der Waals surface area (Å²) in [5.41, 5.74) is 21.6. The molecule has 2 nitrogen and oxygen atoms in total. The van der Waals surface area contributed by atoms with Crippen molar-refractivity contribution in [3.63, 3.8) is 0 Å². The Balaban J connectivity index is 1.11. The maximum absolute atomic E-state index is 2.48. The minimum atomic E-state index is -0.118. The van der Waals surface area contributed by atoms with Gasteiger partial charge in [0.25, 0.3) is 0 Å². The summed E-state index contributed by atoms with van der Waals surface area (Å²) in [5, 5.41) is 2.48. The highest BCUT2D eigenvalue weighted by molar-refractivity contribution is 6.16. The number of nitrogens with zero attached hydrogens (tertiary/aromatic N) is 2. The fourth-order valence-corrected chi connectivity index (χ4v) is 10.6. The molecule has 0 fully saturated rings. The van der Waals surface area contributed by atoms with Crippen molar-refractivity contribution in [1.29, 1.82) is 0 Å². The Morgan fingerprint density at radius 3 is 1.71 bits per heavy atom. The van der Waals surface area contributed by atoms with E-state index in [1.165, 1.54) is 83.0 Å². The zero-order chi connectivity index (χ0) is 43.5. The molecular weight excluding hydrogens is 785 g/mol. The van der Waals surface area contributed by atoms with E-state index in [-0.39, 0.29) is 5.41 Å². The van der Waals surface area contributed by atoms with Crippen LogP contribution in [0, 0.1) is 0 Å². The minimum absolute atomic E-state index is 0.118. The van der Waals surface area contributed by atoms with Gasteiger partial charge in [-0.2, -0.15) is 0 Å². The molecule has 12 rings (SSSR count). The van der Waals surface area contributed by atoms with Crippen LogP contribution in [0.25, 0.3) is 83.1 Å². The van der Waals surface area contributed by atoms with Crippen molar-refractivity contribution < 1.29 is 0 Å². The number of anilines is 3. The zero-order valence-electron chi connectivity index (χ0n) is 36.5. The monoisotopic (exact) mass is 830 g/mol. The molecule has 0 radical (unpaired) electrons. The van der Waals surface area contributed by atoms with Crippen LogP contribution >= 0.6 is 0 Å². The van der Waals surface area contributed by atoms with Gasteiger partial charge < -0.3 is 9.47 Å². The van der Waals surface area contributed by atoms with Gasteiger partial charge in [0, 0.05) is 38.8 Å². The van der Waals surface area contributed by atoms with Crippen molar-refractivity contribution in [3.8, 4) is 61.3 Å². The van der Waals surface area contributed by atoms with Gasteiger partial charge in [0.1, 0.15) is 0 Å². The second kappa shape index (κ2) is 15.6. The van der Waals surface area contributed by atoms with Gasteiger partial charge in [-0.1, -0.05) is 202 Å². The molecule has 0 N–H and O–H groups in total. The average molecular weight is 831 g/mol. The Hall–Kier alpha value is -8.20. The van der Waals surface area contributed by atoms with Crippen LogP contribution in [0.2, 0.25) is 0 Å². The molecule has 11 aromatic rings. The highest BCUT2D eigenvalue weighted by Crippen LogP contribution is 2.54. The second-order valence-electron chi connectivity index (χ2n) is 17.7. The smallest absolute Gasteiger partial charge is 0.0547 e. The number of hydrogen-bond donors (Lipinski definition) is 0. The van der Waals surface area contributed by atoms with Crippen molar-refractivity contribution in [2.45, 2.75) is 19.3 Å². The molecule has 0 saturated heterocycles. The SMILES string of the molecule is CC1(C)c2ccccc2-c2c(-c3ccccc3N(c3cccc(-c4cccc5c4c4ccccc4n5-c4ccccc4)c3)c3ccc(-c4ccccc4)c(-c4ccccc4)c3)cccc21. The van der Waals surface area contributed by atoms with Gasteiger partial charge in [-0.15, -0.1) is 0 Å². The van der Waals surface area contributed by atoms with Gasteiger partial charge >= 0.3 is 0 Å². The van der Waals surface area contributed by atoms with Gasteiger partial charge in [-0.05, 0) is 116 Å². The lowest BCUT2D eigenvalue weighted by Crippen LogP contribution is -2.15. The lowest BCUT2D eigenvalue weighted by atomic mass is 9.82. The minimum Gasteiger partial charge on any atom is -0.310 e. The molecule has 2 heteroatoms. The quantitative estimate of drug-likeness (QED) is 0.148. The second-order valence-corrected chi connectivity index (χ2v) is 17.7. The van der Waals surface area contributed by atoms with Gasteiger partial charge in [0.05, 0.1) is 16.7 Å². The van der Waals surface area contributed by atoms with Gasteiger partial charge in [-0.3, -0.25) is 0 Å². The molecule has 1 heterocycles. The summed E-state index contributed by atoms with van der Waals surface area (Å²) in [6, 6.07) is 88.9. The highest BCUT2D eigenvalue weighted by atomic mass is 15.1. The van der Waals surface area contributed by atoms with Crippen molar-refractivity contribution in [1.82, 2.24) is 4.57 Å². The molecule has 308 valence electrons. The normalized spacial score (nSPS) is 12.6. The molecule has 10 aromatic carbocycles. The summed E-state index contributed by atoms with van der Waals surface area (Å²) in [7, 11) is 0. The summed E-state index contributed by atoms with van der Waals surface area (Å²) in [4.78, 5) is 2.48. The third-order valence-corrected chi connectivity index (χ3v) is 13.6. The number of para-hydroxylation sites is 3. The molecule has 1 aliphatic carbocycles. The first-order valence-electron chi connectivity index (χ1n) is 22.6. The van der Waals surface area contributed by atoms with Gasteiger partial charge in [0.2, 0.25) is 0 Å². The summed E-state index contributed by atoms with van der Waals surface area (Å²) >= 11 is 0. The van der Waals surface area contributed by atoms with Crippen LogP contribution in [0.4, 0.5) is 17.1 Å². The molecule has 0 atom stereocenters. The van der Waals surface area contributed by atoms with E-state index in [4.69, 9.17) is 0 Å². The molecule has 0 bridgehead atoms. The number of benzene rings is 10. The van der Waals surface area contributed by atoms with Crippen molar-refractivity contribution in [3.05, 3.63) is 254 Å². The number of aromatic nitrogens is 1. The first kappa shape index (κ1) is 38.5. The number of hydrogen-bond acceptors (Lipinski definition) is 1. The van der Waals surface area contributed by atoms with E-state index >= 15 is 0 Å². The van der Waals surface area contributed by atoms with Crippen LogP contribution in [0.3, 0.4) is 0 Å².